The fourth-order valence-electron chi connectivity index (χ4n) is 5.58. The van der Waals surface area contributed by atoms with Gasteiger partial charge in [0.2, 0.25) is 5.91 Å². The lowest BCUT2D eigenvalue weighted by Gasteiger charge is -2.32. The second-order valence-electron chi connectivity index (χ2n) is 9.41. The number of nitrogens with one attached hydrogen (secondary N) is 1. The van der Waals surface area contributed by atoms with E-state index < -0.39 is 0 Å². The van der Waals surface area contributed by atoms with E-state index in [9.17, 15) is 9.59 Å². The quantitative estimate of drug-likeness (QED) is 0.839. The lowest BCUT2D eigenvalue weighted by molar-refractivity contribution is -0.136. The molecule has 1 saturated heterocycles. The number of amides is 1. The largest absolute Gasteiger partial charge is 0.334 e. The van der Waals surface area contributed by atoms with Gasteiger partial charge in [-0.05, 0) is 32.1 Å². The van der Waals surface area contributed by atoms with Gasteiger partial charge in [-0.1, -0.05) is 26.7 Å². The van der Waals surface area contributed by atoms with Crippen LogP contribution in [0, 0.1) is 5.92 Å². The number of likely N-dealkylation sites (tertiary alicyclic amines) is 1. The van der Waals surface area contributed by atoms with E-state index in [0.717, 1.165) is 55.7 Å². The number of carbonyl (C=O) groups excluding carboxylic acids is 1. The summed E-state index contributed by atoms with van der Waals surface area (Å²) in [6.07, 6.45) is 8.73. The molecule has 3 aliphatic rings. The summed E-state index contributed by atoms with van der Waals surface area (Å²) >= 11 is 0. The minimum Gasteiger partial charge on any atom is -0.334 e. The number of aromatic amines is 1. The number of fused-ring (bicyclic) bond motifs is 2. The molecule has 0 aromatic carbocycles. The standard InChI is InChI=1S/C23H33N5O2/c1-3-15(2)22(29)27-11-6-9-20(27)19-13-21-24-18-10-12-26(16-7-4-5-8-16)14-17(18)23(30)28(21)25-19/h13,15-16,20,25H,3-12,14H2,1-2H3/t15-,20+/m1/s1. The molecule has 1 aliphatic carbocycles. The molecule has 0 radical (unpaired) electrons. The van der Waals surface area contributed by atoms with Gasteiger partial charge in [-0.3, -0.25) is 19.6 Å². The van der Waals surface area contributed by atoms with E-state index in [4.69, 9.17) is 4.98 Å². The molecule has 2 fully saturated rings. The van der Waals surface area contributed by atoms with Crippen molar-refractivity contribution < 1.29 is 4.79 Å². The fourth-order valence-corrected chi connectivity index (χ4v) is 5.58. The number of carbonyl (C=O) groups is 1. The highest BCUT2D eigenvalue weighted by Gasteiger charge is 2.34. The molecule has 1 saturated carbocycles. The van der Waals surface area contributed by atoms with Crippen LogP contribution in [0.5, 0.6) is 0 Å². The Kier molecular flexibility index (Phi) is 5.17. The Morgan fingerprint density at radius 2 is 2.03 bits per heavy atom. The van der Waals surface area contributed by atoms with Gasteiger partial charge in [0.1, 0.15) is 0 Å². The van der Waals surface area contributed by atoms with Crippen LogP contribution in [-0.4, -0.2) is 49.4 Å². The summed E-state index contributed by atoms with van der Waals surface area (Å²) in [5.41, 5.74) is 3.45. The summed E-state index contributed by atoms with van der Waals surface area (Å²) in [5, 5.41) is 3.31. The van der Waals surface area contributed by atoms with Crippen LogP contribution in [-0.2, 0) is 17.8 Å². The minimum atomic E-state index is 0.0135. The smallest absolute Gasteiger partial charge is 0.277 e. The number of hydrogen-bond donors (Lipinski definition) is 1. The van der Waals surface area contributed by atoms with Crippen LogP contribution in [0.4, 0.5) is 0 Å². The van der Waals surface area contributed by atoms with E-state index in [2.05, 4.69) is 16.9 Å². The molecule has 2 aromatic heterocycles. The van der Waals surface area contributed by atoms with Gasteiger partial charge in [-0.15, -0.1) is 0 Å². The molecular weight excluding hydrogens is 378 g/mol. The van der Waals surface area contributed by atoms with Gasteiger partial charge in [0.05, 0.1) is 23.0 Å². The monoisotopic (exact) mass is 411 g/mol. The Morgan fingerprint density at radius 1 is 1.23 bits per heavy atom. The van der Waals surface area contributed by atoms with Crippen molar-refractivity contribution in [2.45, 2.75) is 83.8 Å². The van der Waals surface area contributed by atoms with E-state index in [1.165, 1.54) is 25.7 Å². The van der Waals surface area contributed by atoms with Crippen LogP contribution >= 0.6 is 0 Å². The van der Waals surface area contributed by atoms with Crippen LogP contribution in [0.1, 0.15) is 81.8 Å². The summed E-state index contributed by atoms with van der Waals surface area (Å²) in [6, 6.07) is 2.62. The molecule has 2 aliphatic heterocycles. The van der Waals surface area contributed by atoms with Crippen molar-refractivity contribution in [3.63, 3.8) is 0 Å². The Balaban J connectivity index is 1.46. The van der Waals surface area contributed by atoms with Crippen molar-refractivity contribution in [3.05, 3.63) is 33.4 Å². The average molecular weight is 412 g/mol. The molecule has 0 unspecified atom stereocenters. The van der Waals surface area contributed by atoms with Gasteiger partial charge in [-0.25, -0.2) is 9.50 Å². The average Bonchev–Trinajstić information content (AvgIpc) is 3.52. The normalized spacial score (nSPS) is 23.9. The molecule has 30 heavy (non-hydrogen) atoms. The third kappa shape index (κ3) is 3.27. The van der Waals surface area contributed by atoms with E-state index in [1.54, 1.807) is 4.52 Å². The SMILES string of the molecule is CC[C@@H](C)C(=O)N1CCC[C@H]1c1cc2nc3c(c(=O)n2[nH]1)CN(C1CCCC1)CC3. The molecular formula is C23H33N5O2. The lowest BCUT2D eigenvalue weighted by atomic mass is 10.0. The van der Waals surface area contributed by atoms with E-state index >= 15 is 0 Å². The molecule has 162 valence electrons. The van der Waals surface area contributed by atoms with Gasteiger partial charge in [0, 0.05) is 44.1 Å². The highest BCUT2D eigenvalue weighted by molar-refractivity contribution is 5.79. The first-order valence-electron chi connectivity index (χ1n) is 11.7. The molecule has 1 amide bonds. The predicted molar refractivity (Wildman–Crippen MR) is 115 cm³/mol. The molecule has 7 heteroatoms. The van der Waals surface area contributed by atoms with Gasteiger partial charge >= 0.3 is 0 Å². The number of hydrogen-bond acceptors (Lipinski definition) is 4. The van der Waals surface area contributed by atoms with Crippen molar-refractivity contribution >= 4 is 11.6 Å². The maximum atomic E-state index is 13.3. The maximum Gasteiger partial charge on any atom is 0.277 e. The summed E-state index contributed by atoms with van der Waals surface area (Å²) in [5.74, 6) is 0.246. The summed E-state index contributed by atoms with van der Waals surface area (Å²) in [6.45, 7) is 6.56. The highest BCUT2D eigenvalue weighted by Crippen LogP contribution is 2.33. The Morgan fingerprint density at radius 3 is 2.80 bits per heavy atom. The maximum absolute atomic E-state index is 13.3. The summed E-state index contributed by atoms with van der Waals surface area (Å²) < 4.78 is 1.61. The third-order valence-electron chi connectivity index (χ3n) is 7.58. The number of nitrogens with zero attached hydrogens (tertiary/aromatic N) is 4. The zero-order chi connectivity index (χ0) is 20.8. The molecule has 2 atom stereocenters. The molecule has 7 nitrogen and oxygen atoms in total. The molecule has 2 aromatic rings. The Hall–Kier alpha value is -2.15. The first kappa shape index (κ1) is 19.8. The van der Waals surface area contributed by atoms with E-state index in [0.29, 0.717) is 18.2 Å². The molecule has 4 heterocycles. The van der Waals surface area contributed by atoms with Gasteiger partial charge in [0.15, 0.2) is 5.65 Å². The third-order valence-corrected chi connectivity index (χ3v) is 7.58. The second kappa shape index (κ2) is 7.84. The van der Waals surface area contributed by atoms with Crippen molar-refractivity contribution in [2.24, 2.45) is 5.92 Å². The van der Waals surface area contributed by atoms with Crippen LogP contribution < -0.4 is 5.56 Å². The minimum absolute atomic E-state index is 0.0135. The predicted octanol–water partition coefficient (Wildman–Crippen LogP) is 3.03. The number of H-pyrrole nitrogens is 1. The lowest BCUT2D eigenvalue weighted by Crippen LogP contribution is -2.41. The van der Waals surface area contributed by atoms with Crippen LogP contribution in [0.25, 0.3) is 5.65 Å². The van der Waals surface area contributed by atoms with Crippen molar-refractivity contribution in [3.8, 4) is 0 Å². The zero-order valence-corrected chi connectivity index (χ0v) is 18.2. The van der Waals surface area contributed by atoms with Gasteiger partial charge in [0.25, 0.3) is 5.56 Å². The summed E-state index contributed by atoms with van der Waals surface area (Å²) in [7, 11) is 0. The fraction of sp³-hybridized carbons (Fsp3) is 0.696. The van der Waals surface area contributed by atoms with Crippen LogP contribution in [0.15, 0.2) is 10.9 Å². The van der Waals surface area contributed by atoms with E-state index in [1.807, 2.05) is 17.9 Å². The Labute approximate surface area is 177 Å². The van der Waals surface area contributed by atoms with Crippen molar-refractivity contribution in [1.82, 2.24) is 24.4 Å². The number of rotatable bonds is 4. The highest BCUT2D eigenvalue weighted by atomic mass is 16.2. The summed E-state index contributed by atoms with van der Waals surface area (Å²) in [4.78, 5) is 35.5. The first-order chi connectivity index (χ1) is 14.6. The molecule has 5 rings (SSSR count). The first-order valence-corrected chi connectivity index (χ1v) is 11.7. The van der Waals surface area contributed by atoms with Gasteiger partial charge in [-0.2, -0.15) is 0 Å². The topological polar surface area (TPSA) is 73.7 Å². The van der Waals surface area contributed by atoms with Crippen molar-refractivity contribution in [2.75, 3.05) is 13.1 Å². The number of aromatic nitrogens is 3. The molecule has 1 N–H and O–H groups in total. The Bertz CT molecular complexity index is 1000. The molecule has 0 spiro atoms. The van der Waals surface area contributed by atoms with E-state index in [-0.39, 0.29) is 23.4 Å². The van der Waals surface area contributed by atoms with Gasteiger partial charge < -0.3 is 4.90 Å². The van der Waals surface area contributed by atoms with Crippen molar-refractivity contribution in [1.29, 1.82) is 0 Å². The molecule has 0 bridgehead atoms. The van der Waals surface area contributed by atoms with Crippen LogP contribution in [0.3, 0.4) is 0 Å². The van der Waals surface area contributed by atoms with Crippen LogP contribution in [0.2, 0.25) is 0 Å². The second-order valence-corrected chi connectivity index (χ2v) is 9.41. The zero-order valence-electron chi connectivity index (χ0n) is 18.2.